The van der Waals surface area contributed by atoms with Gasteiger partial charge in [-0.05, 0) is 38.5 Å². The Labute approximate surface area is 102 Å². The van der Waals surface area contributed by atoms with E-state index in [0.717, 1.165) is 5.56 Å². The number of benzene rings is 1. The van der Waals surface area contributed by atoms with Crippen LogP contribution in [0.2, 0.25) is 0 Å². The van der Waals surface area contributed by atoms with Crippen LogP contribution in [0.3, 0.4) is 0 Å². The Morgan fingerprint density at radius 3 is 2.76 bits per heavy atom. The molecule has 0 heterocycles. The van der Waals surface area contributed by atoms with Crippen molar-refractivity contribution < 1.29 is 14.3 Å². The highest BCUT2D eigenvalue weighted by atomic mass is 16.5. The third-order valence-corrected chi connectivity index (χ3v) is 2.27. The Morgan fingerprint density at radius 1 is 1.47 bits per heavy atom. The smallest absolute Gasteiger partial charge is 0.329 e. The van der Waals surface area contributed by atoms with Crippen molar-refractivity contribution in [1.29, 1.82) is 0 Å². The van der Waals surface area contributed by atoms with Crippen LogP contribution in [0.25, 0.3) is 0 Å². The Morgan fingerprint density at radius 2 is 2.18 bits per heavy atom. The lowest BCUT2D eigenvalue weighted by molar-refractivity contribution is -0.150. The minimum atomic E-state index is -1.13. The fourth-order valence-electron chi connectivity index (χ4n) is 1.29. The van der Waals surface area contributed by atoms with Crippen LogP contribution < -0.4 is 10.5 Å². The quantitative estimate of drug-likeness (QED) is 0.791. The molecule has 0 saturated carbocycles. The SMILES string of the molecule is CCOC(=O)C(C)(N)COc1cccc(C)c1. The molecule has 0 spiro atoms. The number of ether oxygens (including phenoxy) is 2. The van der Waals surface area contributed by atoms with Gasteiger partial charge in [0, 0.05) is 0 Å². The summed E-state index contributed by atoms with van der Waals surface area (Å²) < 4.78 is 10.4. The molecule has 4 heteroatoms. The van der Waals surface area contributed by atoms with Crippen molar-refractivity contribution in [1.82, 2.24) is 0 Å². The summed E-state index contributed by atoms with van der Waals surface area (Å²) in [7, 11) is 0. The maximum atomic E-state index is 11.5. The first-order valence-corrected chi connectivity index (χ1v) is 5.61. The first kappa shape index (κ1) is 13.5. The van der Waals surface area contributed by atoms with Gasteiger partial charge in [0.1, 0.15) is 17.9 Å². The predicted molar refractivity (Wildman–Crippen MR) is 65.9 cm³/mol. The number of carbonyl (C=O) groups excluding carboxylic acids is 1. The molecule has 0 aliphatic heterocycles. The Bertz CT molecular complexity index is 388. The van der Waals surface area contributed by atoms with E-state index < -0.39 is 11.5 Å². The molecule has 0 bridgehead atoms. The first-order valence-electron chi connectivity index (χ1n) is 5.61. The van der Waals surface area contributed by atoms with Gasteiger partial charge in [-0.15, -0.1) is 0 Å². The number of aryl methyl sites for hydroxylation is 1. The second kappa shape index (κ2) is 5.68. The summed E-state index contributed by atoms with van der Waals surface area (Å²) in [5, 5.41) is 0. The van der Waals surface area contributed by atoms with Crippen LogP contribution in [-0.4, -0.2) is 24.7 Å². The molecule has 0 fully saturated rings. The molecule has 0 aromatic heterocycles. The van der Waals surface area contributed by atoms with Gasteiger partial charge in [-0.1, -0.05) is 12.1 Å². The van der Waals surface area contributed by atoms with Crippen LogP contribution in [0.1, 0.15) is 19.4 Å². The van der Waals surface area contributed by atoms with E-state index >= 15 is 0 Å². The molecular weight excluding hydrogens is 218 g/mol. The molecule has 0 aliphatic rings. The molecule has 1 atom stereocenters. The van der Waals surface area contributed by atoms with E-state index in [1.165, 1.54) is 0 Å². The van der Waals surface area contributed by atoms with Crippen molar-refractivity contribution in [3.8, 4) is 5.75 Å². The average Bonchev–Trinajstić information content (AvgIpc) is 2.27. The Hall–Kier alpha value is -1.55. The summed E-state index contributed by atoms with van der Waals surface area (Å²) in [6.07, 6.45) is 0. The highest BCUT2D eigenvalue weighted by Crippen LogP contribution is 2.14. The molecule has 1 aromatic carbocycles. The number of hydrogen-bond donors (Lipinski definition) is 1. The normalized spacial score (nSPS) is 13.9. The minimum absolute atomic E-state index is 0.0925. The highest BCUT2D eigenvalue weighted by molar-refractivity contribution is 5.80. The van der Waals surface area contributed by atoms with Gasteiger partial charge in [0.05, 0.1) is 6.61 Å². The fourth-order valence-corrected chi connectivity index (χ4v) is 1.29. The first-order chi connectivity index (χ1) is 7.95. The topological polar surface area (TPSA) is 61.5 Å². The average molecular weight is 237 g/mol. The maximum Gasteiger partial charge on any atom is 0.329 e. The third-order valence-electron chi connectivity index (χ3n) is 2.27. The number of carbonyl (C=O) groups is 1. The molecule has 1 unspecified atom stereocenters. The van der Waals surface area contributed by atoms with Crippen molar-refractivity contribution >= 4 is 5.97 Å². The summed E-state index contributed by atoms with van der Waals surface area (Å²) in [5.41, 5.74) is 5.80. The van der Waals surface area contributed by atoms with Crippen LogP contribution in [0.4, 0.5) is 0 Å². The largest absolute Gasteiger partial charge is 0.491 e. The number of esters is 1. The summed E-state index contributed by atoms with van der Waals surface area (Å²) in [4.78, 5) is 11.5. The lowest BCUT2D eigenvalue weighted by Crippen LogP contribution is -2.51. The van der Waals surface area contributed by atoms with Crippen LogP contribution in [0.15, 0.2) is 24.3 Å². The zero-order chi connectivity index (χ0) is 12.9. The van der Waals surface area contributed by atoms with E-state index in [9.17, 15) is 4.79 Å². The van der Waals surface area contributed by atoms with Crippen molar-refractivity contribution in [3.05, 3.63) is 29.8 Å². The molecular formula is C13H19NO3. The lowest BCUT2D eigenvalue weighted by atomic mass is 10.1. The van der Waals surface area contributed by atoms with Crippen LogP contribution >= 0.6 is 0 Å². The molecule has 94 valence electrons. The monoisotopic (exact) mass is 237 g/mol. The molecule has 0 saturated heterocycles. The van der Waals surface area contributed by atoms with Gasteiger partial charge < -0.3 is 15.2 Å². The number of rotatable bonds is 5. The van der Waals surface area contributed by atoms with E-state index in [2.05, 4.69) is 0 Å². The maximum absolute atomic E-state index is 11.5. The summed E-state index contributed by atoms with van der Waals surface area (Å²) >= 11 is 0. The molecule has 0 radical (unpaired) electrons. The van der Waals surface area contributed by atoms with Gasteiger partial charge in [-0.25, -0.2) is 4.79 Å². The molecule has 0 aliphatic carbocycles. The number of nitrogens with two attached hydrogens (primary N) is 1. The molecule has 17 heavy (non-hydrogen) atoms. The van der Waals surface area contributed by atoms with Gasteiger partial charge in [0.2, 0.25) is 0 Å². The van der Waals surface area contributed by atoms with Crippen molar-refractivity contribution in [2.24, 2.45) is 5.73 Å². The standard InChI is InChI=1S/C13H19NO3/c1-4-16-12(15)13(3,14)9-17-11-7-5-6-10(2)8-11/h5-8H,4,9,14H2,1-3H3. The molecule has 4 nitrogen and oxygen atoms in total. The van der Waals surface area contributed by atoms with E-state index in [0.29, 0.717) is 12.4 Å². The van der Waals surface area contributed by atoms with Gasteiger partial charge in [-0.2, -0.15) is 0 Å². The zero-order valence-electron chi connectivity index (χ0n) is 10.5. The second-order valence-corrected chi connectivity index (χ2v) is 4.24. The van der Waals surface area contributed by atoms with Crippen LogP contribution in [-0.2, 0) is 9.53 Å². The molecule has 0 amide bonds. The Kier molecular flexibility index (Phi) is 4.52. The highest BCUT2D eigenvalue weighted by Gasteiger charge is 2.31. The van der Waals surface area contributed by atoms with E-state index in [-0.39, 0.29) is 6.61 Å². The zero-order valence-corrected chi connectivity index (χ0v) is 10.5. The lowest BCUT2D eigenvalue weighted by Gasteiger charge is -2.22. The fraction of sp³-hybridized carbons (Fsp3) is 0.462. The summed E-state index contributed by atoms with van der Waals surface area (Å²) in [6, 6.07) is 7.58. The van der Waals surface area contributed by atoms with Crippen LogP contribution in [0.5, 0.6) is 5.75 Å². The summed E-state index contributed by atoms with van der Waals surface area (Å²) in [6.45, 7) is 5.72. The molecule has 1 aromatic rings. The van der Waals surface area contributed by atoms with Crippen molar-refractivity contribution in [3.63, 3.8) is 0 Å². The van der Waals surface area contributed by atoms with E-state index in [1.807, 2.05) is 31.2 Å². The molecule has 2 N–H and O–H groups in total. The van der Waals surface area contributed by atoms with Gasteiger partial charge in [-0.3, -0.25) is 0 Å². The van der Waals surface area contributed by atoms with Gasteiger partial charge >= 0.3 is 5.97 Å². The third kappa shape index (κ3) is 4.07. The summed E-state index contributed by atoms with van der Waals surface area (Å²) in [5.74, 6) is 0.249. The minimum Gasteiger partial charge on any atom is -0.491 e. The van der Waals surface area contributed by atoms with E-state index in [1.54, 1.807) is 13.8 Å². The second-order valence-electron chi connectivity index (χ2n) is 4.24. The Balaban J connectivity index is 2.57. The van der Waals surface area contributed by atoms with Gasteiger partial charge in [0.15, 0.2) is 0 Å². The van der Waals surface area contributed by atoms with Crippen molar-refractivity contribution in [2.75, 3.05) is 13.2 Å². The molecule has 1 rings (SSSR count). The number of hydrogen-bond acceptors (Lipinski definition) is 4. The van der Waals surface area contributed by atoms with E-state index in [4.69, 9.17) is 15.2 Å². The van der Waals surface area contributed by atoms with Gasteiger partial charge in [0.25, 0.3) is 0 Å². The van der Waals surface area contributed by atoms with Crippen LogP contribution in [0, 0.1) is 6.92 Å². The predicted octanol–water partition coefficient (Wildman–Crippen LogP) is 1.65. The van der Waals surface area contributed by atoms with Crippen molar-refractivity contribution in [2.45, 2.75) is 26.3 Å².